The van der Waals surface area contributed by atoms with Gasteiger partial charge in [-0.25, -0.2) is 5.01 Å². The fraction of sp³-hybridized carbons (Fsp3) is 0.250. The van der Waals surface area contributed by atoms with E-state index in [0.29, 0.717) is 5.92 Å². The second kappa shape index (κ2) is 4.61. The van der Waals surface area contributed by atoms with Gasteiger partial charge in [0.25, 0.3) is 0 Å². The van der Waals surface area contributed by atoms with Crippen LogP contribution in [0, 0.1) is 0 Å². The third-order valence-electron chi connectivity index (χ3n) is 2.15. The Morgan fingerprint density at radius 2 is 1.86 bits per heavy atom. The van der Waals surface area contributed by atoms with Crippen LogP contribution in [-0.2, 0) is 0 Å². The summed E-state index contributed by atoms with van der Waals surface area (Å²) in [6, 6.07) is 8.24. The van der Waals surface area contributed by atoms with Crippen molar-refractivity contribution < 1.29 is 0 Å². The Labute approximate surface area is 85.6 Å². The summed E-state index contributed by atoms with van der Waals surface area (Å²) < 4.78 is 0. The van der Waals surface area contributed by atoms with Gasteiger partial charge in [-0.05, 0) is 23.6 Å². The lowest BCUT2D eigenvalue weighted by Gasteiger charge is -2.14. The van der Waals surface area contributed by atoms with Crippen molar-refractivity contribution in [2.75, 3.05) is 5.01 Å². The summed E-state index contributed by atoms with van der Waals surface area (Å²) in [5.41, 5.74) is 2.31. The van der Waals surface area contributed by atoms with Gasteiger partial charge in [-0.3, -0.25) is 0 Å². The van der Waals surface area contributed by atoms with Crippen molar-refractivity contribution >= 4 is 12.4 Å². The molecule has 0 aliphatic carbocycles. The molecule has 1 rings (SSSR count). The van der Waals surface area contributed by atoms with Crippen LogP contribution in [-0.4, -0.2) is 6.72 Å². The van der Waals surface area contributed by atoms with Gasteiger partial charge >= 0.3 is 0 Å². The zero-order valence-corrected chi connectivity index (χ0v) is 8.77. The van der Waals surface area contributed by atoms with E-state index in [1.54, 1.807) is 11.2 Å². The fourth-order valence-electron chi connectivity index (χ4n) is 1.26. The van der Waals surface area contributed by atoms with Gasteiger partial charge in [0.05, 0.1) is 5.69 Å². The number of hydrogen-bond donors (Lipinski definition) is 0. The van der Waals surface area contributed by atoms with Crippen molar-refractivity contribution in [2.24, 2.45) is 5.10 Å². The molecule has 0 bridgehead atoms. The van der Waals surface area contributed by atoms with Crippen LogP contribution in [0.15, 0.2) is 42.1 Å². The summed E-state index contributed by atoms with van der Waals surface area (Å²) >= 11 is 0. The molecular weight excluding hydrogens is 172 g/mol. The Bertz CT molecular complexity index is 304. The molecule has 2 nitrogen and oxygen atoms in total. The number of hydrogen-bond acceptors (Lipinski definition) is 2. The van der Waals surface area contributed by atoms with Crippen LogP contribution >= 0.6 is 0 Å². The molecule has 0 spiro atoms. The van der Waals surface area contributed by atoms with E-state index in [1.165, 1.54) is 5.56 Å². The molecule has 1 aromatic rings. The molecule has 0 saturated carbocycles. The predicted molar refractivity (Wildman–Crippen MR) is 62.8 cm³/mol. The lowest BCUT2D eigenvalue weighted by Crippen LogP contribution is -2.05. The van der Waals surface area contributed by atoms with Gasteiger partial charge < -0.3 is 0 Å². The van der Waals surface area contributed by atoms with Crippen molar-refractivity contribution in [2.45, 2.75) is 19.8 Å². The van der Waals surface area contributed by atoms with Crippen LogP contribution in [0.3, 0.4) is 0 Å². The highest BCUT2D eigenvalue weighted by Crippen LogP contribution is 2.20. The molecule has 0 fully saturated rings. The van der Waals surface area contributed by atoms with Gasteiger partial charge in [-0.15, -0.1) is 0 Å². The van der Waals surface area contributed by atoms with E-state index in [-0.39, 0.29) is 0 Å². The fourth-order valence-corrected chi connectivity index (χ4v) is 1.26. The van der Waals surface area contributed by atoms with Gasteiger partial charge in [0.2, 0.25) is 0 Å². The van der Waals surface area contributed by atoms with E-state index in [4.69, 9.17) is 0 Å². The van der Waals surface area contributed by atoms with Crippen LogP contribution in [0.5, 0.6) is 0 Å². The highest BCUT2D eigenvalue weighted by Gasteiger charge is 2.01. The number of nitrogens with zero attached hydrogens (tertiary/aromatic N) is 2. The highest BCUT2D eigenvalue weighted by molar-refractivity contribution is 5.51. The minimum absolute atomic E-state index is 0.554. The van der Waals surface area contributed by atoms with Crippen LogP contribution in [0.25, 0.3) is 0 Å². The minimum atomic E-state index is 0.554. The second-order valence-corrected chi connectivity index (χ2v) is 3.41. The summed E-state index contributed by atoms with van der Waals surface area (Å²) in [6.07, 6.45) is 1.64. The first kappa shape index (κ1) is 10.5. The molecule has 14 heavy (non-hydrogen) atoms. The molecule has 0 unspecified atom stereocenters. The van der Waals surface area contributed by atoms with E-state index in [0.717, 1.165) is 5.69 Å². The van der Waals surface area contributed by atoms with Crippen molar-refractivity contribution in [1.82, 2.24) is 0 Å². The molecule has 74 valence electrons. The molecule has 0 N–H and O–H groups in total. The Hall–Kier alpha value is -1.57. The van der Waals surface area contributed by atoms with E-state index in [1.807, 2.05) is 12.1 Å². The van der Waals surface area contributed by atoms with Gasteiger partial charge in [0, 0.05) is 12.9 Å². The van der Waals surface area contributed by atoms with Gasteiger partial charge in [0.15, 0.2) is 0 Å². The number of anilines is 1. The number of rotatable bonds is 4. The molecular formula is C12H16N2. The largest absolute Gasteiger partial charge is 0.242 e. The summed E-state index contributed by atoms with van der Waals surface area (Å²) in [6.45, 7) is 11.5. The van der Waals surface area contributed by atoms with Crippen molar-refractivity contribution in [3.8, 4) is 0 Å². The highest BCUT2D eigenvalue weighted by atomic mass is 15.4. The summed E-state index contributed by atoms with van der Waals surface area (Å²) in [5.74, 6) is 0.554. The minimum Gasteiger partial charge on any atom is -0.242 e. The molecule has 0 aliphatic heterocycles. The first-order valence-corrected chi connectivity index (χ1v) is 4.67. The molecule has 0 radical (unpaired) electrons. The molecule has 1 aromatic carbocycles. The molecule has 0 aromatic heterocycles. The van der Waals surface area contributed by atoms with Gasteiger partial charge in [-0.2, -0.15) is 5.10 Å². The average Bonchev–Trinajstić information content (AvgIpc) is 2.20. The maximum Gasteiger partial charge on any atom is 0.0645 e. The smallest absolute Gasteiger partial charge is 0.0645 e. The van der Waals surface area contributed by atoms with E-state index in [9.17, 15) is 0 Å². The van der Waals surface area contributed by atoms with Crippen molar-refractivity contribution in [3.63, 3.8) is 0 Å². The van der Waals surface area contributed by atoms with Crippen LogP contribution in [0.2, 0.25) is 0 Å². The maximum absolute atomic E-state index is 3.82. The maximum atomic E-state index is 3.82. The van der Waals surface area contributed by atoms with Gasteiger partial charge in [-0.1, -0.05) is 32.6 Å². The zero-order chi connectivity index (χ0) is 10.6. The number of benzene rings is 1. The van der Waals surface area contributed by atoms with Gasteiger partial charge in [0.1, 0.15) is 0 Å². The summed E-state index contributed by atoms with van der Waals surface area (Å²) in [4.78, 5) is 0. The molecule has 2 heteroatoms. The standard InChI is InChI=1S/C12H16N2/c1-5-14(13-4)12-8-6-11(7-9-12)10(2)3/h5-10H,1,4H2,2-3H3. The van der Waals surface area contributed by atoms with Crippen molar-refractivity contribution in [1.29, 1.82) is 0 Å². The van der Waals surface area contributed by atoms with Crippen LogP contribution in [0.4, 0.5) is 5.69 Å². The predicted octanol–water partition coefficient (Wildman–Crippen LogP) is 3.38. The first-order valence-electron chi connectivity index (χ1n) is 4.67. The van der Waals surface area contributed by atoms with E-state index >= 15 is 0 Å². The van der Waals surface area contributed by atoms with E-state index < -0.39 is 0 Å². The summed E-state index contributed by atoms with van der Waals surface area (Å²) in [5, 5.41) is 5.46. The quantitative estimate of drug-likeness (QED) is 0.522. The van der Waals surface area contributed by atoms with E-state index in [2.05, 4.69) is 44.4 Å². The lowest BCUT2D eigenvalue weighted by atomic mass is 10.0. The average molecular weight is 188 g/mol. The lowest BCUT2D eigenvalue weighted by molar-refractivity contribution is 0.866. The molecule has 0 saturated heterocycles. The molecule has 0 aliphatic rings. The SMILES string of the molecule is C=CN(N=C)c1ccc(C(C)C)cc1. The normalized spacial score (nSPS) is 9.93. The summed E-state index contributed by atoms with van der Waals surface area (Å²) in [7, 11) is 0. The Morgan fingerprint density at radius 1 is 1.29 bits per heavy atom. The van der Waals surface area contributed by atoms with Crippen LogP contribution in [0.1, 0.15) is 25.3 Å². The second-order valence-electron chi connectivity index (χ2n) is 3.41. The molecule has 0 heterocycles. The molecule has 0 amide bonds. The third-order valence-corrected chi connectivity index (χ3v) is 2.15. The third kappa shape index (κ3) is 2.22. The first-order chi connectivity index (χ1) is 6.69. The topological polar surface area (TPSA) is 15.6 Å². The van der Waals surface area contributed by atoms with Crippen LogP contribution < -0.4 is 5.01 Å². The Morgan fingerprint density at radius 3 is 2.21 bits per heavy atom. The Balaban J connectivity index is 2.92. The molecule has 0 atom stereocenters. The zero-order valence-electron chi connectivity index (χ0n) is 8.77. The number of hydrazone groups is 1. The Kier molecular flexibility index (Phi) is 3.46. The van der Waals surface area contributed by atoms with Crippen molar-refractivity contribution in [3.05, 3.63) is 42.6 Å². The monoisotopic (exact) mass is 188 g/mol.